The number of imidazole rings is 1. The molecule has 0 aliphatic heterocycles. The third kappa shape index (κ3) is 4.93. The number of aromatic nitrogens is 2. The van der Waals surface area contributed by atoms with Gasteiger partial charge >= 0.3 is 0 Å². The number of benzene rings is 3. The Kier molecular flexibility index (Phi) is 8.20. The van der Waals surface area contributed by atoms with Crippen molar-refractivity contribution in [2.45, 2.75) is 53.0 Å². The molecule has 3 aromatic carbocycles. The van der Waals surface area contributed by atoms with E-state index in [2.05, 4.69) is 67.8 Å². The Morgan fingerprint density at radius 1 is 0.970 bits per heavy atom. The average molecular weight is 509 g/mol. The molecule has 5 heteroatoms. The highest BCUT2D eigenvalue weighted by Gasteiger charge is 2.16. The maximum atomic E-state index is 6.41. The fourth-order valence-electron chi connectivity index (χ4n) is 4.70. The van der Waals surface area contributed by atoms with Gasteiger partial charge in [-0.05, 0) is 60.6 Å². The van der Waals surface area contributed by atoms with Gasteiger partial charge in [-0.15, -0.1) is 17.0 Å². The Balaban J connectivity index is 0.00000306. The summed E-state index contributed by atoms with van der Waals surface area (Å²) in [5.41, 5.74) is 16.0. The van der Waals surface area contributed by atoms with E-state index in [4.69, 9.17) is 15.5 Å². The lowest BCUT2D eigenvalue weighted by atomic mass is 9.96. The van der Waals surface area contributed by atoms with Crippen LogP contribution in [0, 0.1) is 6.92 Å². The van der Waals surface area contributed by atoms with Crippen molar-refractivity contribution in [1.29, 1.82) is 0 Å². The lowest BCUT2D eigenvalue weighted by Gasteiger charge is -2.13. The maximum Gasteiger partial charge on any atom is 0.201 e. The summed E-state index contributed by atoms with van der Waals surface area (Å²) >= 11 is 0. The number of hydrogen-bond donors (Lipinski definition) is 1. The quantitative estimate of drug-likeness (QED) is 0.281. The van der Waals surface area contributed by atoms with Crippen LogP contribution in [0.3, 0.4) is 0 Å². The molecule has 33 heavy (non-hydrogen) atoms. The van der Waals surface area contributed by atoms with Crippen LogP contribution in [0.2, 0.25) is 0 Å². The van der Waals surface area contributed by atoms with Crippen molar-refractivity contribution in [3.05, 3.63) is 76.9 Å². The van der Waals surface area contributed by atoms with Gasteiger partial charge in [-0.2, -0.15) is 0 Å². The number of fused-ring (bicyclic) bond motifs is 1. The number of nitrogens with two attached hydrogens (primary N) is 1. The van der Waals surface area contributed by atoms with Crippen molar-refractivity contribution >= 4 is 34.0 Å². The summed E-state index contributed by atoms with van der Waals surface area (Å²) in [5.74, 6) is 1.48. The summed E-state index contributed by atoms with van der Waals surface area (Å²) in [4.78, 5) is 4.79. The Morgan fingerprint density at radius 3 is 2.42 bits per heavy atom. The number of anilines is 1. The second-order valence-corrected chi connectivity index (χ2v) is 8.40. The first kappa shape index (κ1) is 24.8. The molecule has 1 heterocycles. The molecule has 4 rings (SSSR count). The molecular weight excluding hydrogens is 474 g/mol. The van der Waals surface area contributed by atoms with Crippen LogP contribution in [0.25, 0.3) is 22.2 Å². The minimum atomic E-state index is 0. The van der Waals surface area contributed by atoms with Gasteiger partial charge in [-0.3, -0.25) is 0 Å². The summed E-state index contributed by atoms with van der Waals surface area (Å²) in [5, 5.41) is 0. The molecule has 0 aliphatic carbocycles. The Labute approximate surface area is 207 Å². The topological polar surface area (TPSA) is 53.1 Å². The van der Waals surface area contributed by atoms with Crippen LogP contribution in [0.1, 0.15) is 42.5 Å². The lowest BCUT2D eigenvalue weighted by Crippen LogP contribution is -2.06. The second-order valence-electron chi connectivity index (χ2n) is 8.40. The van der Waals surface area contributed by atoms with Crippen molar-refractivity contribution < 1.29 is 4.74 Å². The number of nitrogen functional groups attached to an aromatic ring is 1. The molecule has 0 amide bonds. The predicted molar refractivity (Wildman–Crippen MR) is 145 cm³/mol. The first-order valence-electron chi connectivity index (χ1n) is 11.6. The van der Waals surface area contributed by atoms with Gasteiger partial charge in [0.15, 0.2) is 0 Å². The lowest BCUT2D eigenvalue weighted by molar-refractivity contribution is 0.410. The molecule has 0 saturated heterocycles. The number of hydrogen-bond acceptors (Lipinski definition) is 3. The minimum Gasteiger partial charge on any atom is -0.496 e. The zero-order chi connectivity index (χ0) is 22.7. The summed E-state index contributed by atoms with van der Waals surface area (Å²) in [6.07, 6.45) is 4.12. The van der Waals surface area contributed by atoms with Crippen molar-refractivity contribution in [3.8, 4) is 16.9 Å². The van der Waals surface area contributed by atoms with E-state index in [1.54, 1.807) is 7.11 Å². The van der Waals surface area contributed by atoms with Crippen molar-refractivity contribution in [2.24, 2.45) is 0 Å². The third-order valence-electron chi connectivity index (χ3n) is 6.36. The predicted octanol–water partition coefficient (Wildman–Crippen LogP) is 6.94. The van der Waals surface area contributed by atoms with Crippen LogP contribution < -0.4 is 10.5 Å². The molecule has 1 aromatic heterocycles. The van der Waals surface area contributed by atoms with Gasteiger partial charge in [-0.1, -0.05) is 62.7 Å². The average Bonchev–Trinajstić information content (AvgIpc) is 3.13. The summed E-state index contributed by atoms with van der Waals surface area (Å²) in [6, 6.07) is 19.4. The van der Waals surface area contributed by atoms with E-state index >= 15 is 0 Å². The van der Waals surface area contributed by atoms with Crippen molar-refractivity contribution in [2.75, 3.05) is 12.8 Å². The molecule has 0 saturated carbocycles. The fraction of sp³-hybridized carbons (Fsp3) is 0.321. The molecule has 0 aliphatic rings. The SMILES string of the molecule is Br.CCCc1ccc(CCn2c(N)nc3c(-c4cccc(OC)c4CC)cccc32)cc1C. The van der Waals surface area contributed by atoms with E-state index in [1.165, 1.54) is 28.7 Å². The van der Waals surface area contributed by atoms with E-state index in [9.17, 15) is 0 Å². The summed E-state index contributed by atoms with van der Waals surface area (Å²) < 4.78 is 7.75. The van der Waals surface area contributed by atoms with E-state index in [0.717, 1.165) is 53.7 Å². The van der Waals surface area contributed by atoms with Gasteiger partial charge in [0.2, 0.25) is 5.95 Å². The molecule has 0 fully saturated rings. The number of halogens is 1. The Morgan fingerprint density at radius 2 is 1.73 bits per heavy atom. The van der Waals surface area contributed by atoms with E-state index in [-0.39, 0.29) is 17.0 Å². The van der Waals surface area contributed by atoms with Gasteiger partial charge in [-0.25, -0.2) is 4.98 Å². The number of nitrogens with zero attached hydrogens (tertiary/aromatic N) is 2. The van der Waals surface area contributed by atoms with Gasteiger partial charge in [0, 0.05) is 17.7 Å². The Bertz CT molecular complexity index is 1250. The van der Waals surface area contributed by atoms with E-state index < -0.39 is 0 Å². The van der Waals surface area contributed by atoms with Crippen LogP contribution >= 0.6 is 17.0 Å². The molecule has 174 valence electrons. The number of ether oxygens (including phenoxy) is 1. The normalized spacial score (nSPS) is 10.9. The monoisotopic (exact) mass is 507 g/mol. The largest absolute Gasteiger partial charge is 0.496 e. The molecule has 2 N–H and O–H groups in total. The third-order valence-corrected chi connectivity index (χ3v) is 6.36. The van der Waals surface area contributed by atoms with Crippen LogP contribution in [0.4, 0.5) is 5.95 Å². The fourth-order valence-corrected chi connectivity index (χ4v) is 4.70. The molecule has 0 unspecified atom stereocenters. The molecule has 0 spiro atoms. The number of rotatable bonds is 8. The molecule has 0 bridgehead atoms. The summed E-state index contributed by atoms with van der Waals surface area (Å²) in [6.45, 7) is 7.39. The first-order chi connectivity index (χ1) is 15.6. The van der Waals surface area contributed by atoms with Gasteiger partial charge in [0.05, 0.1) is 18.1 Å². The zero-order valence-corrected chi connectivity index (χ0v) is 21.7. The number of para-hydroxylation sites is 1. The van der Waals surface area contributed by atoms with Crippen LogP contribution in [0.5, 0.6) is 5.75 Å². The van der Waals surface area contributed by atoms with Crippen LogP contribution in [-0.4, -0.2) is 16.7 Å². The number of aryl methyl sites for hydroxylation is 4. The van der Waals surface area contributed by atoms with Gasteiger partial charge in [0.25, 0.3) is 0 Å². The first-order valence-corrected chi connectivity index (χ1v) is 11.6. The van der Waals surface area contributed by atoms with Gasteiger partial charge < -0.3 is 15.0 Å². The molecule has 4 nitrogen and oxygen atoms in total. The molecule has 4 aromatic rings. The van der Waals surface area contributed by atoms with Crippen LogP contribution in [-0.2, 0) is 25.8 Å². The standard InChI is InChI=1S/C28H33N3O.BrH/c1-5-9-21-15-14-20(18-19(21)3)16-17-31-25-12-7-11-24(27(25)30-28(31)29)23-10-8-13-26(32-4)22(23)6-2;/h7-8,10-15,18H,5-6,9,16-17H2,1-4H3,(H2,29,30);1H. The molecule has 0 radical (unpaired) electrons. The van der Waals surface area contributed by atoms with E-state index in [0.29, 0.717) is 5.95 Å². The van der Waals surface area contributed by atoms with Crippen LogP contribution in [0.15, 0.2) is 54.6 Å². The highest BCUT2D eigenvalue weighted by Crippen LogP contribution is 2.35. The second kappa shape index (κ2) is 10.9. The summed E-state index contributed by atoms with van der Waals surface area (Å²) in [7, 11) is 1.72. The maximum absolute atomic E-state index is 6.41. The van der Waals surface area contributed by atoms with Crippen molar-refractivity contribution in [3.63, 3.8) is 0 Å². The number of methoxy groups -OCH3 is 1. The van der Waals surface area contributed by atoms with Crippen molar-refractivity contribution in [1.82, 2.24) is 9.55 Å². The molecule has 0 atom stereocenters. The highest BCUT2D eigenvalue weighted by molar-refractivity contribution is 8.93. The smallest absolute Gasteiger partial charge is 0.201 e. The minimum absolute atomic E-state index is 0. The Hall–Kier alpha value is -2.79. The highest BCUT2D eigenvalue weighted by atomic mass is 79.9. The molecular formula is C28H34BrN3O. The van der Waals surface area contributed by atoms with Gasteiger partial charge in [0.1, 0.15) is 5.75 Å². The van der Waals surface area contributed by atoms with E-state index in [1.807, 2.05) is 12.1 Å². The zero-order valence-electron chi connectivity index (χ0n) is 20.0.